The van der Waals surface area contributed by atoms with Crippen molar-refractivity contribution < 1.29 is 9.13 Å². The van der Waals surface area contributed by atoms with Gasteiger partial charge in [-0.1, -0.05) is 51.8 Å². The SMILES string of the molecule is Fc1cccc(Cl)c1OCc1ccccc1Br. The average molecular weight is 316 g/mol. The van der Waals surface area contributed by atoms with Crippen LogP contribution in [0.15, 0.2) is 46.9 Å². The zero-order valence-corrected chi connectivity index (χ0v) is 11.1. The third-order valence-electron chi connectivity index (χ3n) is 2.25. The Morgan fingerprint density at radius 1 is 1.12 bits per heavy atom. The first kappa shape index (κ1) is 12.4. The van der Waals surface area contributed by atoms with Crippen molar-refractivity contribution in [3.8, 4) is 5.75 Å². The zero-order chi connectivity index (χ0) is 12.3. The predicted molar refractivity (Wildman–Crippen MR) is 69.9 cm³/mol. The Kier molecular flexibility index (Phi) is 4.02. The molecule has 1 nitrogen and oxygen atoms in total. The van der Waals surface area contributed by atoms with E-state index in [0.717, 1.165) is 10.0 Å². The monoisotopic (exact) mass is 314 g/mol. The topological polar surface area (TPSA) is 9.23 Å². The Morgan fingerprint density at radius 2 is 1.88 bits per heavy atom. The number of ether oxygens (including phenoxy) is 1. The van der Waals surface area contributed by atoms with E-state index in [0.29, 0.717) is 0 Å². The van der Waals surface area contributed by atoms with Crippen LogP contribution < -0.4 is 4.74 Å². The highest BCUT2D eigenvalue weighted by molar-refractivity contribution is 9.10. The summed E-state index contributed by atoms with van der Waals surface area (Å²) >= 11 is 9.26. The van der Waals surface area contributed by atoms with Crippen LogP contribution in [0.2, 0.25) is 5.02 Å². The van der Waals surface area contributed by atoms with Crippen molar-refractivity contribution in [2.24, 2.45) is 0 Å². The van der Waals surface area contributed by atoms with Crippen LogP contribution in [0.4, 0.5) is 4.39 Å². The molecule has 0 aliphatic rings. The highest BCUT2D eigenvalue weighted by Gasteiger charge is 2.08. The predicted octanol–water partition coefficient (Wildman–Crippen LogP) is 4.82. The van der Waals surface area contributed by atoms with Gasteiger partial charge in [-0.15, -0.1) is 0 Å². The van der Waals surface area contributed by atoms with Gasteiger partial charge < -0.3 is 4.74 Å². The van der Waals surface area contributed by atoms with Gasteiger partial charge in [0.1, 0.15) is 6.61 Å². The van der Waals surface area contributed by atoms with E-state index in [1.165, 1.54) is 6.07 Å². The number of hydrogen-bond acceptors (Lipinski definition) is 1. The van der Waals surface area contributed by atoms with Crippen LogP contribution in [0.1, 0.15) is 5.56 Å². The van der Waals surface area contributed by atoms with E-state index < -0.39 is 5.82 Å². The van der Waals surface area contributed by atoms with Crippen LogP contribution >= 0.6 is 27.5 Å². The molecule has 0 aliphatic carbocycles. The van der Waals surface area contributed by atoms with Crippen molar-refractivity contribution in [3.63, 3.8) is 0 Å². The van der Waals surface area contributed by atoms with E-state index >= 15 is 0 Å². The highest BCUT2D eigenvalue weighted by Crippen LogP contribution is 2.28. The first-order valence-electron chi connectivity index (χ1n) is 4.98. The maximum absolute atomic E-state index is 13.4. The normalized spacial score (nSPS) is 10.3. The lowest BCUT2D eigenvalue weighted by Crippen LogP contribution is -1.98. The number of benzene rings is 2. The van der Waals surface area contributed by atoms with Gasteiger partial charge >= 0.3 is 0 Å². The first-order valence-corrected chi connectivity index (χ1v) is 6.16. The van der Waals surface area contributed by atoms with Crippen LogP contribution in [0, 0.1) is 5.82 Å². The fourth-order valence-corrected chi connectivity index (χ4v) is 2.00. The number of halogens is 3. The largest absolute Gasteiger partial charge is 0.484 e. The molecule has 0 bridgehead atoms. The number of rotatable bonds is 3. The summed E-state index contributed by atoms with van der Waals surface area (Å²) in [6.45, 7) is 0.266. The van der Waals surface area contributed by atoms with Gasteiger partial charge in [0, 0.05) is 10.0 Å². The Morgan fingerprint density at radius 3 is 2.59 bits per heavy atom. The molecule has 88 valence electrons. The van der Waals surface area contributed by atoms with E-state index in [4.69, 9.17) is 16.3 Å². The summed E-state index contributed by atoms with van der Waals surface area (Å²) in [6, 6.07) is 12.1. The molecule has 0 aliphatic heterocycles. The van der Waals surface area contributed by atoms with Gasteiger partial charge in [0.15, 0.2) is 11.6 Å². The van der Waals surface area contributed by atoms with Crippen LogP contribution in [-0.2, 0) is 6.61 Å². The molecule has 17 heavy (non-hydrogen) atoms. The van der Waals surface area contributed by atoms with Gasteiger partial charge in [-0.3, -0.25) is 0 Å². The quantitative estimate of drug-likeness (QED) is 0.789. The molecule has 0 atom stereocenters. The third kappa shape index (κ3) is 2.99. The second-order valence-electron chi connectivity index (χ2n) is 3.43. The van der Waals surface area contributed by atoms with Crippen molar-refractivity contribution in [3.05, 3.63) is 63.3 Å². The van der Waals surface area contributed by atoms with Gasteiger partial charge in [0.2, 0.25) is 0 Å². The summed E-state index contributed by atoms with van der Waals surface area (Å²) in [4.78, 5) is 0. The smallest absolute Gasteiger partial charge is 0.174 e. The van der Waals surface area contributed by atoms with Crippen LogP contribution in [0.3, 0.4) is 0 Å². The number of para-hydroxylation sites is 1. The van der Waals surface area contributed by atoms with E-state index in [1.54, 1.807) is 12.1 Å². The summed E-state index contributed by atoms with van der Waals surface area (Å²) in [5, 5.41) is 0.275. The molecule has 2 aromatic rings. The van der Waals surface area contributed by atoms with Crippen molar-refractivity contribution in [2.75, 3.05) is 0 Å². The summed E-state index contributed by atoms with van der Waals surface area (Å²) < 4.78 is 19.8. The van der Waals surface area contributed by atoms with Gasteiger partial charge in [-0.05, 0) is 18.2 Å². The van der Waals surface area contributed by atoms with Crippen LogP contribution in [0.5, 0.6) is 5.75 Å². The standard InChI is InChI=1S/C13H9BrClFO/c14-10-5-2-1-4-9(10)8-17-13-11(15)6-3-7-12(13)16/h1-7H,8H2. The maximum atomic E-state index is 13.4. The second-order valence-corrected chi connectivity index (χ2v) is 4.69. The van der Waals surface area contributed by atoms with E-state index in [1.807, 2.05) is 24.3 Å². The van der Waals surface area contributed by atoms with Crippen LogP contribution in [0.25, 0.3) is 0 Å². The van der Waals surface area contributed by atoms with Gasteiger partial charge in [-0.25, -0.2) is 4.39 Å². The minimum absolute atomic E-state index is 0.0879. The molecule has 0 saturated heterocycles. The van der Waals surface area contributed by atoms with Crippen molar-refractivity contribution >= 4 is 27.5 Å². The lowest BCUT2D eigenvalue weighted by Gasteiger charge is -2.09. The van der Waals surface area contributed by atoms with Crippen molar-refractivity contribution in [1.29, 1.82) is 0 Å². The lowest BCUT2D eigenvalue weighted by molar-refractivity contribution is 0.290. The maximum Gasteiger partial charge on any atom is 0.174 e. The van der Waals surface area contributed by atoms with E-state index in [9.17, 15) is 4.39 Å². The minimum atomic E-state index is -0.454. The molecule has 0 aromatic heterocycles. The summed E-state index contributed by atoms with van der Waals surface area (Å²) in [6.07, 6.45) is 0. The Bertz CT molecular complexity index is 510. The molecule has 0 fully saturated rings. The molecule has 0 saturated carbocycles. The molecule has 0 heterocycles. The third-order valence-corrected chi connectivity index (χ3v) is 3.32. The molecule has 0 spiro atoms. The summed E-state index contributed by atoms with van der Waals surface area (Å²) in [5.74, 6) is -0.366. The van der Waals surface area contributed by atoms with Gasteiger partial charge in [0.05, 0.1) is 5.02 Å². The van der Waals surface area contributed by atoms with Gasteiger partial charge in [-0.2, -0.15) is 0 Å². The van der Waals surface area contributed by atoms with Crippen LogP contribution in [-0.4, -0.2) is 0 Å². The summed E-state index contributed by atoms with van der Waals surface area (Å²) in [7, 11) is 0. The molecule has 0 N–H and O–H groups in total. The zero-order valence-electron chi connectivity index (χ0n) is 8.79. The fourth-order valence-electron chi connectivity index (χ4n) is 1.39. The Hall–Kier alpha value is -1.06. The molecule has 2 aromatic carbocycles. The van der Waals surface area contributed by atoms with Crippen molar-refractivity contribution in [2.45, 2.75) is 6.61 Å². The lowest BCUT2D eigenvalue weighted by atomic mass is 10.2. The molecule has 0 unspecified atom stereocenters. The van der Waals surface area contributed by atoms with Crippen molar-refractivity contribution in [1.82, 2.24) is 0 Å². The molecular weight excluding hydrogens is 306 g/mol. The molecule has 0 radical (unpaired) electrons. The minimum Gasteiger partial charge on any atom is -0.484 e. The molecular formula is C13H9BrClFO. The number of hydrogen-bond donors (Lipinski definition) is 0. The summed E-state index contributed by atoms with van der Waals surface area (Å²) in [5.41, 5.74) is 0.937. The van der Waals surface area contributed by atoms with E-state index in [2.05, 4.69) is 15.9 Å². The Labute approximate surface area is 112 Å². The molecule has 4 heteroatoms. The molecule has 0 amide bonds. The highest BCUT2D eigenvalue weighted by atomic mass is 79.9. The van der Waals surface area contributed by atoms with E-state index in [-0.39, 0.29) is 17.4 Å². The second kappa shape index (κ2) is 5.52. The van der Waals surface area contributed by atoms with Gasteiger partial charge in [0.25, 0.3) is 0 Å². The fraction of sp³-hybridized carbons (Fsp3) is 0.0769. The first-order chi connectivity index (χ1) is 8.18. The average Bonchev–Trinajstić information content (AvgIpc) is 2.30. The molecule has 2 rings (SSSR count). The Balaban J connectivity index is 2.16.